The Hall–Kier alpha value is -0.120. The minimum atomic E-state index is 0.219. The lowest BCUT2D eigenvalue weighted by atomic mass is 10.0. The SMILES string of the molecule is COC1COCC(C(C)C)N(C(C)C)C1. The van der Waals surface area contributed by atoms with Crippen LogP contribution in [0.4, 0.5) is 0 Å². The van der Waals surface area contributed by atoms with E-state index in [0.717, 1.165) is 19.8 Å². The van der Waals surface area contributed by atoms with Gasteiger partial charge in [-0.05, 0) is 19.8 Å². The van der Waals surface area contributed by atoms with Crippen LogP contribution < -0.4 is 0 Å². The third-order valence-electron chi connectivity index (χ3n) is 3.20. The summed E-state index contributed by atoms with van der Waals surface area (Å²) < 4.78 is 11.1. The molecule has 2 unspecified atom stereocenters. The van der Waals surface area contributed by atoms with E-state index >= 15 is 0 Å². The first-order chi connectivity index (χ1) is 7.06. The van der Waals surface area contributed by atoms with Gasteiger partial charge in [-0.15, -0.1) is 0 Å². The molecule has 0 aliphatic carbocycles. The van der Waals surface area contributed by atoms with Crippen LogP contribution in [0, 0.1) is 5.92 Å². The third-order valence-corrected chi connectivity index (χ3v) is 3.20. The second-order valence-electron chi connectivity index (χ2n) is 5.00. The molecule has 0 N–H and O–H groups in total. The van der Waals surface area contributed by atoms with Crippen LogP contribution in [0.2, 0.25) is 0 Å². The number of nitrogens with zero attached hydrogens (tertiary/aromatic N) is 1. The van der Waals surface area contributed by atoms with Gasteiger partial charge in [0, 0.05) is 25.7 Å². The fourth-order valence-electron chi connectivity index (χ4n) is 2.15. The van der Waals surface area contributed by atoms with Crippen LogP contribution in [0.3, 0.4) is 0 Å². The van der Waals surface area contributed by atoms with Crippen LogP contribution in [0.5, 0.6) is 0 Å². The number of methoxy groups -OCH3 is 1. The minimum absolute atomic E-state index is 0.219. The van der Waals surface area contributed by atoms with Gasteiger partial charge in [-0.1, -0.05) is 13.8 Å². The van der Waals surface area contributed by atoms with Gasteiger partial charge >= 0.3 is 0 Å². The Kier molecular flexibility index (Phi) is 5.03. The molecule has 0 aromatic rings. The standard InChI is InChI=1S/C12H25NO2/c1-9(2)12-8-15-7-11(14-5)6-13(12)10(3)4/h9-12H,6-8H2,1-5H3. The summed E-state index contributed by atoms with van der Waals surface area (Å²) in [5, 5.41) is 0. The second-order valence-corrected chi connectivity index (χ2v) is 5.00. The molecule has 0 aromatic carbocycles. The van der Waals surface area contributed by atoms with Gasteiger partial charge in [-0.2, -0.15) is 0 Å². The largest absolute Gasteiger partial charge is 0.378 e. The normalized spacial score (nSPS) is 29.8. The summed E-state index contributed by atoms with van der Waals surface area (Å²) in [6.45, 7) is 11.5. The summed E-state index contributed by atoms with van der Waals surface area (Å²) >= 11 is 0. The highest BCUT2D eigenvalue weighted by molar-refractivity contribution is 4.82. The first kappa shape index (κ1) is 12.9. The van der Waals surface area contributed by atoms with E-state index in [-0.39, 0.29) is 6.10 Å². The van der Waals surface area contributed by atoms with Gasteiger partial charge in [-0.3, -0.25) is 4.90 Å². The van der Waals surface area contributed by atoms with Gasteiger partial charge in [0.2, 0.25) is 0 Å². The summed E-state index contributed by atoms with van der Waals surface area (Å²) in [5.41, 5.74) is 0. The smallest absolute Gasteiger partial charge is 0.0931 e. The molecule has 1 fully saturated rings. The Morgan fingerprint density at radius 1 is 1.20 bits per heavy atom. The van der Waals surface area contributed by atoms with Crippen molar-refractivity contribution < 1.29 is 9.47 Å². The maximum Gasteiger partial charge on any atom is 0.0931 e. The molecule has 0 bridgehead atoms. The molecule has 1 aliphatic heterocycles. The molecule has 3 heteroatoms. The zero-order valence-corrected chi connectivity index (χ0v) is 10.7. The topological polar surface area (TPSA) is 21.7 Å². The molecule has 1 heterocycles. The zero-order valence-electron chi connectivity index (χ0n) is 10.7. The average molecular weight is 215 g/mol. The van der Waals surface area contributed by atoms with E-state index in [1.807, 2.05) is 0 Å². The maximum atomic E-state index is 5.69. The molecule has 2 atom stereocenters. The third kappa shape index (κ3) is 3.44. The maximum absolute atomic E-state index is 5.69. The quantitative estimate of drug-likeness (QED) is 0.716. The monoisotopic (exact) mass is 215 g/mol. The minimum Gasteiger partial charge on any atom is -0.378 e. The van der Waals surface area contributed by atoms with Crippen molar-refractivity contribution in [3.63, 3.8) is 0 Å². The van der Waals surface area contributed by atoms with E-state index in [0.29, 0.717) is 18.0 Å². The zero-order chi connectivity index (χ0) is 11.4. The van der Waals surface area contributed by atoms with Crippen molar-refractivity contribution in [3.8, 4) is 0 Å². The van der Waals surface area contributed by atoms with Gasteiger partial charge in [0.05, 0.1) is 19.3 Å². The Morgan fingerprint density at radius 3 is 2.33 bits per heavy atom. The number of ether oxygens (including phenoxy) is 2. The summed E-state index contributed by atoms with van der Waals surface area (Å²) in [6.07, 6.45) is 0.219. The fraction of sp³-hybridized carbons (Fsp3) is 1.00. The first-order valence-corrected chi connectivity index (χ1v) is 5.92. The van der Waals surface area contributed by atoms with E-state index in [2.05, 4.69) is 32.6 Å². The lowest BCUT2D eigenvalue weighted by molar-refractivity contribution is 0.0212. The highest BCUT2D eigenvalue weighted by atomic mass is 16.5. The number of hydrogen-bond donors (Lipinski definition) is 0. The molecular weight excluding hydrogens is 190 g/mol. The van der Waals surface area contributed by atoms with Gasteiger partial charge < -0.3 is 9.47 Å². The number of rotatable bonds is 3. The Labute approximate surface area is 93.7 Å². The molecule has 3 nitrogen and oxygen atoms in total. The van der Waals surface area contributed by atoms with Crippen molar-refractivity contribution in [1.82, 2.24) is 4.90 Å². The van der Waals surface area contributed by atoms with E-state index < -0.39 is 0 Å². The van der Waals surface area contributed by atoms with Crippen LogP contribution in [0.25, 0.3) is 0 Å². The average Bonchev–Trinajstić information content (AvgIpc) is 2.38. The van der Waals surface area contributed by atoms with Crippen molar-refractivity contribution in [2.24, 2.45) is 5.92 Å². The van der Waals surface area contributed by atoms with Crippen molar-refractivity contribution in [2.75, 3.05) is 26.9 Å². The van der Waals surface area contributed by atoms with Crippen molar-refractivity contribution in [1.29, 1.82) is 0 Å². The fourth-order valence-corrected chi connectivity index (χ4v) is 2.15. The van der Waals surface area contributed by atoms with Crippen molar-refractivity contribution in [2.45, 2.75) is 45.9 Å². The van der Waals surface area contributed by atoms with E-state index in [1.165, 1.54) is 0 Å². The highest BCUT2D eigenvalue weighted by Crippen LogP contribution is 2.18. The Morgan fingerprint density at radius 2 is 1.87 bits per heavy atom. The van der Waals surface area contributed by atoms with Crippen LogP contribution in [-0.4, -0.2) is 50.0 Å². The summed E-state index contributed by atoms with van der Waals surface area (Å²) in [4.78, 5) is 2.51. The molecule has 1 saturated heterocycles. The lowest BCUT2D eigenvalue weighted by Crippen LogP contribution is -2.47. The van der Waals surface area contributed by atoms with E-state index in [4.69, 9.17) is 9.47 Å². The predicted octanol–water partition coefficient (Wildman–Crippen LogP) is 1.77. The van der Waals surface area contributed by atoms with E-state index in [9.17, 15) is 0 Å². The highest BCUT2D eigenvalue weighted by Gasteiger charge is 2.29. The van der Waals surface area contributed by atoms with Gasteiger partial charge in [0.1, 0.15) is 0 Å². The van der Waals surface area contributed by atoms with Crippen LogP contribution >= 0.6 is 0 Å². The molecule has 0 saturated carbocycles. The summed E-state index contributed by atoms with van der Waals surface area (Å²) in [7, 11) is 1.77. The van der Waals surface area contributed by atoms with E-state index in [1.54, 1.807) is 7.11 Å². The van der Waals surface area contributed by atoms with Gasteiger partial charge in [0.25, 0.3) is 0 Å². The Bertz CT molecular complexity index is 182. The van der Waals surface area contributed by atoms with Crippen LogP contribution in [-0.2, 0) is 9.47 Å². The molecule has 0 aromatic heterocycles. The van der Waals surface area contributed by atoms with Crippen LogP contribution in [0.15, 0.2) is 0 Å². The molecule has 1 aliphatic rings. The van der Waals surface area contributed by atoms with Gasteiger partial charge in [0.15, 0.2) is 0 Å². The van der Waals surface area contributed by atoms with Crippen molar-refractivity contribution in [3.05, 3.63) is 0 Å². The molecule has 0 spiro atoms. The van der Waals surface area contributed by atoms with Gasteiger partial charge in [-0.25, -0.2) is 0 Å². The molecular formula is C12H25NO2. The molecule has 15 heavy (non-hydrogen) atoms. The molecule has 0 radical (unpaired) electrons. The second kappa shape index (κ2) is 5.83. The Balaban J connectivity index is 2.70. The summed E-state index contributed by atoms with van der Waals surface area (Å²) in [5.74, 6) is 0.628. The molecule has 0 amide bonds. The molecule has 90 valence electrons. The predicted molar refractivity (Wildman–Crippen MR) is 62.1 cm³/mol. The number of hydrogen-bond acceptors (Lipinski definition) is 3. The molecule has 1 rings (SSSR count). The first-order valence-electron chi connectivity index (χ1n) is 5.92. The lowest BCUT2D eigenvalue weighted by Gasteiger charge is -2.36. The van der Waals surface area contributed by atoms with Crippen molar-refractivity contribution >= 4 is 0 Å². The summed E-state index contributed by atoms with van der Waals surface area (Å²) in [6, 6.07) is 1.07. The van der Waals surface area contributed by atoms with Crippen LogP contribution in [0.1, 0.15) is 27.7 Å².